The van der Waals surface area contributed by atoms with Crippen molar-refractivity contribution in [2.75, 3.05) is 0 Å². The average Bonchev–Trinajstić information content (AvgIpc) is 2.31. The van der Waals surface area contributed by atoms with Gasteiger partial charge in [0.1, 0.15) is 0 Å². The summed E-state index contributed by atoms with van der Waals surface area (Å²) in [7, 11) is 0. The number of aliphatic hydroxyl groups excluding tert-OH is 1. The second-order valence-corrected chi connectivity index (χ2v) is 3.95. The molecule has 2 aromatic carbocycles. The lowest BCUT2D eigenvalue weighted by Crippen LogP contribution is -1.99. The van der Waals surface area contributed by atoms with Crippen molar-refractivity contribution in [3.63, 3.8) is 0 Å². The molecule has 0 aliphatic rings. The van der Waals surface area contributed by atoms with E-state index in [0.717, 1.165) is 17.5 Å². The van der Waals surface area contributed by atoms with Crippen molar-refractivity contribution in [2.45, 2.75) is 19.4 Å². The van der Waals surface area contributed by atoms with E-state index >= 15 is 0 Å². The summed E-state index contributed by atoms with van der Waals surface area (Å²) in [6.45, 7) is 1.78. The van der Waals surface area contributed by atoms with Crippen molar-refractivity contribution in [1.29, 1.82) is 0 Å². The van der Waals surface area contributed by atoms with Gasteiger partial charge in [-0.05, 0) is 36.1 Å². The molecule has 0 amide bonds. The Morgan fingerprint density at radius 2 is 1.88 bits per heavy atom. The zero-order valence-electron chi connectivity index (χ0n) is 9.35. The third-order valence-electron chi connectivity index (χ3n) is 2.63. The van der Waals surface area contributed by atoms with E-state index in [0.29, 0.717) is 0 Å². The van der Waals surface area contributed by atoms with Crippen LogP contribution in [0.15, 0.2) is 48.5 Å². The van der Waals surface area contributed by atoms with E-state index in [1.54, 1.807) is 6.92 Å². The lowest BCUT2D eigenvalue weighted by atomic mass is 9.97. The number of rotatable bonds is 3. The van der Waals surface area contributed by atoms with Gasteiger partial charge in [-0.3, -0.25) is 0 Å². The highest BCUT2D eigenvalue weighted by molar-refractivity contribution is 5.33. The standard InChI is InChI=1S/C15H15O/c1-12(16)15-10-6-5-9-14(15)11-13-7-3-2-4-8-13/h2-9,12,16H,11H2,1H3. The van der Waals surface area contributed by atoms with Crippen LogP contribution >= 0.6 is 0 Å². The first-order chi connectivity index (χ1) is 7.77. The minimum absolute atomic E-state index is 0.458. The molecule has 0 saturated carbocycles. The highest BCUT2D eigenvalue weighted by Gasteiger charge is 2.07. The fourth-order valence-electron chi connectivity index (χ4n) is 1.84. The molecule has 81 valence electrons. The van der Waals surface area contributed by atoms with Crippen molar-refractivity contribution in [3.8, 4) is 0 Å². The Kier molecular flexibility index (Phi) is 3.37. The van der Waals surface area contributed by atoms with Gasteiger partial charge in [0.25, 0.3) is 0 Å². The zero-order valence-corrected chi connectivity index (χ0v) is 9.35. The molecule has 1 atom stereocenters. The van der Waals surface area contributed by atoms with E-state index in [2.05, 4.69) is 18.2 Å². The fourth-order valence-corrected chi connectivity index (χ4v) is 1.84. The van der Waals surface area contributed by atoms with Crippen LogP contribution in [0.4, 0.5) is 0 Å². The van der Waals surface area contributed by atoms with Gasteiger partial charge in [-0.15, -0.1) is 0 Å². The molecule has 16 heavy (non-hydrogen) atoms. The highest BCUT2D eigenvalue weighted by Crippen LogP contribution is 2.19. The van der Waals surface area contributed by atoms with Gasteiger partial charge in [0.15, 0.2) is 0 Å². The fraction of sp³-hybridized carbons (Fsp3) is 0.200. The maximum Gasteiger partial charge on any atom is 0.0770 e. The molecule has 0 aliphatic heterocycles. The maximum atomic E-state index is 9.65. The van der Waals surface area contributed by atoms with Crippen LogP contribution in [0.5, 0.6) is 0 Å². The summed E-state index contributed by atoms with van der Waals surface area (Å²) in [5.41, 5.74) is 3.29. The number of hydrogen-bond donors (Lipinski definition) is 1. The van der Waals surface area contributed by atoms with Gasteiger partial charge in [0, 0.05) is 0 Å². The van der Waals surface area contributed by atoms with E-state index in [1.807, 2.05) is 36.4 Å². The second-order valence-electron chi connectivity index (χ2n) is 3.95. The lowest BCUT2D eigenvalue weighted by molar-refractivity contribution is 0.198. The smallest absolute Gasteiger partial charge is 0.0770 e. The number of aliphatic hydroxyl groups is 1. The quantitative estimate of drug-likeness (QED) is 0.827. The van der Waals surface area contributed by atoms with Crippen LogP contribution in [0.25, 0.3) is 0 Å². The molecule has 0 aliphatic carbocycles. The van der Waals surface area contributed by atoms with Crippen molar-refractivity contribution in [3.05, 3.63) is 71.3 Å². The molecule has 0 bridgehead atoms. The second kappa shape index (κ2) is 4.95. The Morgan fingerprint density at radius 1 is 1.12 bits per heavy atom. The molecule has 1 radical (unpaired) electrons. The van der Waals surface area contributed by atoms with Crippen LogP contribution < -0.4 is 0 Å². The van der Waals surface area contributed by atoms with Gasteiger partial charge >= 0.3 is 0 Å². The summed E-state index contributed by atoms with van der Waals surface area (Å²) in [6.07, 6.45) is 0.387. The summed E-state index contributed by atoms with van der Waals surface area (Å²) >= 11 is 0. The minimum Gasteiger partial charge on any atom is -0.389 e. The lowest BCUT2D eigenvalue weighted by Gasteiger charge is -2.11. The van der Waals surface area contributed by atoms with E-state index in [1.165, 1.54) is 5.56 Å². The summed E-state index contributed by atoms with van der Waals surface area (Å²) < 4.78 is 0. The molecule has 0 spiro atoms. The molecule has 1 unspecified atom stereocenters. The summed E-state index contributed by atoms with van der Waals surface area (Å²) in [5, 5.41) is 9.65. The highest BCUT2D eigenvalue weighted by atomic mass is 16.3. The van der Waals surface area contributed by atoms with Crippen molar-refractivity contribution in [1.82, 2.24) is 0 Å². The molecule has 1 nitrogen and oxygen atoms in total. The van der Waals surface area contributed by atoms with Gasteiger partial charge in [-0.1, -0.05) is 48.5 Å². The third-order valence-corrected chi connectivity index (χ3v) is 2.63. The summed E-state index contributed by atoms with van der Waals surface area (Å²) in [6, 6.07) is 19.2. The maximum absolute atomic E-state index is 9.65. The number of hydrogen-bond acceptors (Lipinski definition) is 1. The first kappa shape index (κ1) is 10.9. The van der Waals surface area contributed by atoms with Crippen LogP contribution in [0.1, 0.15) is 29.7 Å². The third kappa shape index (κ3) is 2.50. The number of benzene rings is 2. The molecule has 0 saturated heterocycles. The van der Waals surface area contributed by atoms with Gasteiger partial charge < -0.3 is 5.11 Å². The van der Waals surface area contributed by atoms with E-state index < -0.39 is 6.10 Å². The Hall–Kier alpha value is -1.60. The molecule has 0 heterocycles. The van der Waals surface area contributed by atoms with Crippen molar-refractivity contribution < 1.29 is 5.11 Å². The molecule has 2 rings (SSSR count). The molecule has 1 heteroatoms. The van der Waals surface area contributed by atoms with Crippen molar-refractivity contribution in [2.24, 2.45) is 0 Å². The van der Waals surface area contributed by atoms with Crippen LogP contribution in [0.3, 0.4) is 0 Å². The molecule has 2 aromatic rings. The summed E-state index contributed by atoms with van der Waals surface area (Å²) in [5.74, 6) is 0. The Bertz CT molecular complexity index is 446. The van der Waals surface area contributed by atoms with E-state index in [9.17, 15) is 5.11 Å². The minimum atomic E-state index is -0.458. The monoisotopic (exact) mass is 211 g/mol. The van der Waals surface area contributed by atoms with Crippen LogP contribution in [0.2, 0.25) is 0 Å². The van der Waals surface area contributed by atoms with Crippen molar-refractivity contribution >= 4 is 0 Å². The predicted molar refractivity (Wildman–Crippen MR) is 65.2 cm³/mol. The predicted octanol–water partition coefficient (Wildman–Crippen LogP) is 3.13. The van der Waals surface area contributed by atoms with Gasteiger partial charge in [-0.2, -0.15) is 0 Å². The molecular formula is C15H15O. The van der Waals surface area contributed by atoms with Gasteiger partial charge in [0.05, 0.1) is 6.10 Å². The molecular weight excluding hydrogens is 196 g/mol. The Labute approximate surface area is 96.4 Å². The summed E-state index contributed by atoms with van der Waals surface area (Å²) in [4.78, 5) is 0. The zero-order chi connectivity index (χ0) is 11.4. The Balaban J connectivity index is 2.28. The largest absolute Gasteiger partial charge is 0.389 e. The Morgan fingerprint density at radius 3 is 2.56 bits per heavy atom. The van der Waals surface area contributed by atoms with Crippen LogP contribution in [0, 0.1) is 6.07 Å². The van der Waals surface area contributed by atoms with E-state index in [4.69, 9.17) is 0 Å². The normalized spacial score (nSPS) is 12.4. The average molecular weight is 211 g/mol. The van der Waals surface area contributed by atoms with Gasteiger partial charge in [0.2, 0.25) is 0 Å². The molecule has 0 aromatic heterocycles. The van der Waals surface area contributed by atoms with Gasteiger partial charge in [-0.25, -0.2) is 0 Å². The van der Waals surface area contributed by atoms with Crippen LogP contribution in [-0.2, 0) is 6.42 Å². The topological polar surface area (TPSA) is 20.2 Å². The van der Waals surface area contributed by atoms with Crippen LogP contribution in [-0.4, -0.2) is 5.11 Å². The first-order valence-corrected chi connectivity index (χ1v) is 5.49. The van der Waals surface area contributed by atoms with E-state index in [-0.39, 0.29) is 0 Å². The molecule has 1 N–H and O–H groups in total. The SMILES string of the molecule is CC(O)c1[c]cccc1Cc1ccccc1. The first-order valence-electron chi connectivity index (χ1n) is 5.49. The molecule has 0 fully saturated rings.